The molecule has 3 saturated heterocycles. The second kappa shape index (κ2) is 8.05. The third-order valence-corrected chi connectivity index (χ3v) is 6.59. The topological polar surface area (TPSA) is 60.4 Å². The van der Waals surface area contributed by atoms with Gasteiger partial charge in [0.2, 0.25) is 0 Å². The van der Waals surface area contributed by atoms with Gasteiger partial charge in [0.15, 0.2) is 0 Å². The van der Waals surface area contributed by atoms with Crippen molar-refractivity contribution in [1.82, 2.24) is 4.90 Å². The molecule has 1 N–H and O–H groups in total. The maximum absolute atomic E-state index is 11.4. The second-order valence-corrected chi connectivity index (χ2v) is 8.06. The largest absolute Gasteiger partial charge is 0.496 e. The molecule has 1 aromatic carbocycles. The van der Waals surface area contributed by atoms with E-state index in [1.807, 2.05) is 6.07 Å². The molecule has 3 fully saturated rings. The van der Waals surface area contributed by atoms with E-state index in [4.69, 9.17) is 18.9 Å². The van der Waals surface area contributed by atoms with Gasteiger partial charge in [0.1, 0.15) is 5.75 Å². The lowest BCUT2D eigenvalue weighted by Crippen LogP contribution is -2.67. The summed E-state index contributed by atoms with van der Waals surface area (Å²) < 4.78 is 22.3. The Morgan fingerprint density at radius 3 is 2.89 bits per heavy atom. The maximum Gasteiger partial charge on any atom is 0.124 e. The Morgan fingerprint density at radius 1 is 1.22 bits per heavy atom. The van der Waals surface area contributed by atoms with Gasteiger partial charge >= 0.3 is 0 Å². The second-order valence-electron chi connectivity index (χ2n) is 8.06. The standard InChI is InChI=1S/C21H31NO5/c1-24-12-16-9-15(3-4-20(16)25-2)10-22-11-17-13-27-8-6-21(17,23)18-14-26-7-5-19(18)22/h3-4,9,17-19,23H,5-8,10-14H2,1-2H3/t17-,18+,19-,21-/m0/s1. The number of ether oxygens (including phenoxy) is 4. The number of hydrogen-bond donors (Lipinski definition) is 1. The summed E-state index contributed by atoms with van der Waals surface area (Å²) in [6.07, 6.45) is 1.69. The minimum absolute atomic E-state index is 0.144. The van der Waals surface area contributed by atoms with E-state index in [1.54, 1.807) is 14.2 Å². The van der Waals surface area contributed by atoms with Crippen molar-refractivity contribution in [3.63, 3.8) is 0 Å². The molecule has 0 aromatic heterocycles. The quantitative estimate of drug-likeness (QED) is 0.845. The fraction of sp³-hybridized carbons (Fsp3) is 0.714. The summed E-state index contributed by atoms with van der Waals surface area (Å²) in [4.78, 5) is 2.53. The van der Waals surface area contributed by atoms with E-state index >= 15 is 0 Å². The van der Waals surface area contributed by atoms with E-state index in [1.165, 1.54) is 5.56 Å². The fourth-order valence-corrected chi connectivity index (χ4v) is 5.18. The van der Waals surface area contributed by atoms with Crippen molar-refractivity contribution in [2.24, 2.45) is 11.8 Å². The molecule has 0 saturated carbocycles. The molecule has 0 aliphatic carbocycles. The molecule has 0 unspecified atom stereocenters. The number of likely N-dealkylation sites (tertiary alicyclic amines) is 1. The van der Waals surface area contributed by atoms with Gasteiger partial charge in [-0.3, -0.25) is 4.90 Å². The van der Waals surface area contributed by atoms with Gasteiger partial charge in [0, 0.05) is 63.3 Å². The van der Waals surface area contributed by atoms with E-state index in [2.05, 4.69) is 17.0 Å². The smallest absolute Gasteiger partial charge is 0.124 e. The third-order valence-electron chi connectivity index (χ3n) is 6.59. The average Bonchev–Trinajstić information content (AvgIpc) is 2.69. The first kappa shape index (κ1) is 19.2. The zero-order valence-corrected chi connectivity index (χ0v) is 16.4. The normalized spacial score (nSPS) is 34.0. The number of aliphatic hydroxyl groups is 1. The molecule has 6 heteroatoms. The van der Waals surface area contributed by atoms with E-state index in [0.717, 1.165) is 43.9 Å². The Hall–Kier alpha value is -1.18. The summed E-state index contributed by atoms with van der Waals surface area (Å²) in [5.74, 6) is 1.16. The van der Waals surface area contributed by atoms with E-state index in [9.17, 15) is 5.11 Å². The van der Waals surface area contributed by atoms with Gasteiger partial charge in [-0.25, -0.2) is 0 Å². The number of benzene rings is 1. The summed E-state index contributed by atoms with van der Waals surface area (Å²) in [6.45, 7) is 4.95. The zero-order chi connectivity index (χ0) is 18.9. The maximum atomic E-state index is 11.4. The molecule has 6 nitrogen and oxygen atoms in total. The van der Waals surface area contributed by atoms with Gasteiger partial charge in [-0.05, 0) is 24.1 Å². The Labute approximate surface area is 161 Å². The van der Waals surface area contributed by atoms with Crippen molar-refractivity contribution in [1.29, 1.82) is 0 Å². The molecular formula is C21H31NO5. The van der Waals surface area contributed by atoms with Crippen molar-refractivity contribution in [2.45, 2.75) is 37.6 Å². The highest BCUT2D eigenvalue weighted by Gasteiger charge is 2.55. The minimum atomic E-state index is -0.652. The van der Waals surface area contributed by atoms with Crippen LogP contribution in [0.1, 0.15) is 24.0 Å². The van der Waals surface area contributed by atoms with Crippen LogP contribution in [0, 0.1) is 11.8 Å². The van der Waals surface area contributed by atoms with Gasteiger partial charge in [-0.2, -0.15) is 0 Å². The highest BCUT2D eigenvalue weighted by Crippen LogP contribution is 2.44. The van der Waals surface area contributed by atoms with Crippen molar-refractivity contribution in [2.75, 3.05) is 47.2 Å². The van der Waals surface area contributed by atoms with Crippen molar-refractivity contribution in [3.05, 3.63) is 29.3 Å². The minimum Gasteiger partial charge on any atom is -0.496 e. The zero-order valence-electron chi connectivity index (χ0n) is 16.4. The molecule has 4 atom stereocenters. The van der Waals surface area contributed by atoms with Crippen molar-refractivity contribution >= 4 is 0 Å². The van der Waals surface area contributed by atoms with Crippen LogP contribution in [0.5, 0.6) is 5.75 Å². The molecule has 0 radical (unpaired) electrons. The first-order valence-electron chi connectivity index (χ1n) is 9.92. The first-order valence-corrected chi connectivity index (χ1v) is 9.92. The van der Waals surface area contributed by atoms with Crippen LogP contribution in [0.15, 0.2) is 18.2 Å². The first-order chi connectivity index (χ1) is 13.2. The highest BCUT2D eigenvalue weighted by atomic mass is 16.5. The van der Waals surface area contributed by atoms with E-state index in [-0.39, 0.29) is 11.8 Å². The van der Waals surface area contributed by atoms with Crippen LogP contribution >= 0.6 is 0 Å². The molecule has 3 heterocycles. The van der Waals surface area contributed by atoms with E-state index < -0.39 is 5.60 Å². The van der Waals surface area contributed by atoms with Crippen LogP contribution in [0.3, 0.4) is 0 Å². The number of nitrogens with zero attached hydrogens (tertiary/aromatic N) is 1. The Bertz CT molecular complexity index is 653. The summed E-state index contributed by atoms with van der Waals surface area (Å²) >= 11 is 0. The SMILES string of the molecule is COCc1cc(CN2C[C@H]3COCC[C@@]3(O)[C@@H]3COCC[C@@H]32)ccc1OC. The van der Waals surface area contributed by atoms with Crippen LogP contribution in [0.4, 0.5) is 0 Å². The molecular weight excluding hydrogens is 346 g/mol. The molecule has 0 amide bonds. The number of hydrogen-bond acceptors (Lipinski definition) is 6. The molecule has 150 valence electrons. The summed E-state index contributed by atoms with van der Waals surface area (Å²) in [5, 5.41) is 11.4. The predicted octanol–water partition coefficient (Wildman–Crippen LogP) is 1.83. The molecule has 3 aliphatic rings. The van der Waals surface area contributed by atoms with Crippen LogP contribution < -0.4 is 4.74 Å². The number of piperidine rings is 1. The van der Waals surface area contributed by atoms with Gasteiger partial charge < -0.3 is 24.1 Å². The molecule has 4 rings (SSSR count). The summed E-state index contributed by atoms with van der Waals surface area (Å²) in [7, 11) is 3.39. The van der Waals surface area contributed by atoms with Crippen LogP contribution in [0.25, 0.3) is 0 Å². The molecule has 1 aromatic rings. The van der Waals surface area contributed by atoms with Crippen LogP contribution in [0.2, 0.25) is 0 Å². The molecule has 27 heavy (non-hydrogen) atoms. The number of rotatable bonds is 5. The lowest BCUT2D eigenvalue weighted by atomic mass is 9.66. The van der Waals surface area contributed by atoms with Gasteiger partial charge in [-0.1, -0.05) is 6.07 Å². The lowest BCUT2D eigenvalue weighted by molar-refractivity contribution is -0.221. The molecule has 3 aliphatic heterocycles. The Morgan fingerprint density at radius 2 is 2.07 bits per heavy atom. The molecule has 0 bridgehead atoms. The van der Waals surface area contributed by atoms with Gasteiger partial charge in [0.05, 0.1) is 32.5 Å². The Balaban J connectivity index is 1.57. The number of fused-ring (bicyclic) bond motifs is 3. The highest BCUT2D eigenvalue weighted by molar-refractivity contribution is 5.37. The predicted molar refractivity (Wildman–Crippen MR) is 101 cm³/mol. The molecule has 0 spiro atoms. The van der Waals surface area contributed by atoms with Gasteiger partial charge in [-0.15, -0.1) is 0 Å². The van der Waals surface area contributed by atoms with E-state index in [0.29, 0.717) is 32.5 Å². The Kier molecular flexibility index (Phi) is 5.71. The monoisotopic (exact) mass is 377 g/mol. The van der Waals surface area contributed by atoms with Crippen LogP contribution in [-0.4, -0.2) is 68.8 Å². The lowest BCUT2D eigenvalue weighted by Gasteiger charge is -2.57. The third kappa shape index (κ3) is 3.61. The summed E-state index contributed by atoms with van der Waals surface area (Å²) in [5.41, 5.74) is 1.66. The van der Waals surface area contributed by atoms with Crippen molar-refractivity contribution < 1.29 is 24.1 Å². The van der Waals surface area contributed by atoms with Crippen molar-refractivity contribution in [3.8, 4) is 5.75 Å². The van der Waals surface area contributed by atoms with Crippen LogP contribution in [-0.2, 0) is 27.4 Å². The average molecular weight is 377 g/mol. The number of methoxy groups -OCH3 is 2. The fourth-order valence-electron chi connectivity index (χ4n) is 5.18. The summed E-state index contributed by atoms with van der Waals surface area (Å²) in [6, 6.07) is 6.68. The van der Waals surface area contributed by atoms with Gasteiger partial charge in [0.25, 0.3) is 0 Å².